The van der Waals surface area contributed by atoms with Crippen LogP contribution in [0.4, 0.5) is 24.5 Å². The summed E-state index contributed by atoms with van der Waals surface area (Å²) in [4.78, 5) is 34.0. The predicted molar refractivity (Wildman–Crippen MR) is 184 cm³/mol. The summed E-state index contributed by atoms with van der Waals surface area (Å²) in [6.45, 7) is 4.53. The molecule has 3 aromatic carbocycles. The molecular formula is C34H36ClF3N4O8S. The standard InChI is InChI=1S/C34H36ClF3N4O8S/c1-19(40-50-32(2,3)31(44)41-51(6,45)46)20-13-22(16-24(14-20)47-4)39-29(25-9-7-21(35)15-28(25)48-5)30(43)42-18-33(11-12-33)26-10-8-23(17-27(26)42)49-34(36,37)38/h7-10,13-17,29,39H,11-12,18H2,1-6H3,(H,41,44)/b40-19+. The summed E-state index contributed by atoms with van der Waals surface area (Å²) in [6.07, 6.45) is -2.56. The minimum atomic E-state index is -4.92. The van der Waals surface area contributed by atoms with Crippen molar-refractivity contribution >= 4 is 50.5 Å². The van der Waals surface area contributed by atoms with Gasteiger partial charge in [0.1, 0.15) is 23.3 Å². The number of halogens is 4. The van der Waals surface area contributed by atoms with Crippen LogP contribution in [-0.4, -0.2) is 64.9 Å². The van der Waals surface area contributed by atoms with Crippen molar-refractivity contribution in [2.75, 3.05) is 37.2 Å². The Bertz CT molecular complexity index is 2000. The highest BCUT2D eigenvalue weighted by Gasteiger charge is 2.54. The molecule has 274 valence electrons. The number of ether oxygens (including phenoxy) is 3. The smallest absolute Gasteiger partial charge is 0.497 e. The van der Waals surface area contributed by atoms with Gasteiger partial charge in [-0.05, 0) is 69.5 Å². The van der Waals surface area contributed by atoms with Crippen molar-refractivity contribution in [2.24, 2.45) is 5.16 Å². The van der Waals surface area contributed by atoms with Gasteiger partial charge in [-0.15, -0.1) is 13.2 Å². The van der Waals surface area contributed by atoms with E-state index in [9.17, 15) is 31.2 Å². The predicted octanol–water partition coefficient (Wildman–Crippen LogP) is 6.08. The monoisotopic (exact) mass is 752 g/mol. The van der Waals surface area contributed by atoms with E-state index < -0.39 is 45.6 Å². The molecule has 0 saturated heterocycles. The fraction of sp³-hybridized carbons (Fsp3) is 0.382. The number of nitrogens with zero attached hydrogens (tertiary/aromatic N) is 2. The summed E-state index contributed by atoms with van der Waals surface area (Å²) in [6, 6.07) is 12.6. The Morgan fingerprint density at radius 3 is 2.31 bits per heavy atom. The van der Waals surface area contributed by atoms with Gasteiger partial charge in [0.05, 0.1) is 31.9 Å². The lowest BCUT2D eigenvalue weighted by molar-refractivity contribution is -0.274. The van der Waals surface area contributed by atoms with E-state index in [1.165, 1.54) is 45.1 Å². The van der Waals surface area contributed by atoms with Gasteiger partial charge >= 0.3 is 6.36 Å². The Morgan fingerprint density at radius 2 is 1.71 bits per heavy atom. The molecule has 17 heteroatoms. The van der Waals surface area contributed by atoms with Gasteiger partial charge in [-0.1, -0.05) is 28.9 Å². The number of methoxy groups -OCH3 is 2. The Labute approximate surface area is 297 Å². The number of nitrogens with one attached hydrogen (secondary N) is 2. The van der Waals surface area contributed by atoms with E-state index in [0.717, 1.165) is 24.7 Å². The van der Waals surface area contributed by atoms with E-state index in [4.69, 9.17) is 25.9 Å². The molecule has 51 heavy (non-hydrogen) atoms. The summed E-state index contributed by atoms with van der Waals surface area (Å²) in [5.74, 6) is -1.23. The molecule has 1 aliphatic carbocycles. The minimum absolute atomic E-state index is 0.250. The van der Waals surface area contributed by atoms with Crippen molar-refractivity contribution in [3.05, 3.63) is 76.3 Å². The third kappa shape index (κ3) is 8.61. The fourth-order valence-corrected chi connectivity index (χ4v) is 6.47. The van der Waals surface area contributed by atoms with Crippen molar-refractivity contribution < 1.29 is 50.2 Å². The maximum Gasteiger partial charge on any atom is 0.573 e. The summed E-state index contributed by atoms with van der Waals surface area (Å²) < 4.78 is 79.8. The Morgan fingerprint density at radius 1 is 1.00 bits per heavy atom. The summed E-state index contributed by atoms with van der Waals surface area (Å²) in [7, 11) is -0.991. The highest BCUT2D eigenvalue weighted by molar-refractivity contribution is 7.89. The van der Waals surface area contributed by atoms with Crippen molar-refractivity contribution in [2.45, 2.75) is 57.0 Å². The largest absolute Gasteiger partial charge is 0.573 e. The lowest BCUT2D eigenvalue weighted by atomic mass is 9.99. The number of alkyl halides is 3. The third-order valence-corrected chi connectivity index (χ3v) is 9.30. The molecule has 1 fully saturated rings. The molecule has 3 aromatic rings. The maximum absolute atomic E-state index is 14.7. The molecule has 0 aromatic heterocycles. The van der Waals surface area contributed by atoms with Crippen molar-refractivity contribution in [1.82, 2.24) is 4.72 Å². The first kappa shape index (κ1) is 37.6. The van der Waals surface area contributed by atoms with Crippen LogP contribution in [-0.2, 0) is 29.9 Å². The van der Waals surface area contributed by atoms with E-state index in [-0.39, 0.29) is 23.4 Å². The van der Waals surface area contributed by atoms with Crippen LogP contribution < -0.4 is 29.1 Å². The zero-order valence-electron chi connectivity index (χ0n) is 28.5. The van der Waals surface area contributed by atoms with E-state index in [1.54, 1.807) is 49.4 Å². The molecule has 1 heterocycles. The number of carbonyl (C=O) groups is 2. The number of benzene rings is 3. The minimum Gasteiger partial charge on any atom is -0.497 e. The quantitative estimate of drug-likeness (QED) is 0.166. The van der Waals surface area contributed by atoms with Crippen LogP contribution in [0.3, 0.4) is 0 Å². The zero-order valence-corrected chi connectivity index (χ0v) is 30.0. The number of amides is 2. The Kier molecular flexibility index (Phi) is 10.2. The Hall–Kier alpha value is -4.70. The maximum atomic E-state index is 14.7. The molecule has 1 saturated carbocycles. The lowest BCUT2D eigenvalue weighted by Crippen LogP contribution is -2.45. The normalized spacial score (nSPS) is 15.9. The van der Waals surface area contributed by atoms with Crippen LogP contribution in [0.5, 0.6) is 17.2 Å². The van der Waals surface area contributed by atoms with Gasteiger partial charge in [0, 0.05) is 45.9 Å². The fourth-order valence-electron chi connectivity index (χ4n) is 5.72. The molecule has 2 amide bonds. The van der Waals surface area contributed by atoms with Gasteiger partial charge in [0.2, 0.25) is 15.6 Å². The van der Waals surface area contributed by atoms with Crippen molar-refractivity contribution in [3.8, 4) is 17.2 Å². The van der Waals surface area contributed by atoms with Gasteiger partial charge in [0.15, 0.2) is 0 Å². The first-order valence-electron chi connectivity index (χ1n) is 15.5. The number of oxime groups is 1. The van der Waals surface area contributed by atoms with Crippen LogP contribution in [0.2, 0.25) is 5.02 Å². The summed E-state index contributed by atoms with van der Waals surface area (Å²) in [5.41, 5.74) is 0.516. The zero-order chi connectivity index (χ0) is 37.5. The molecule has 1 atom stereocenters. The van der Waals surface area contributed by atoms with Crippen LogP contribution in [0.25, 0.3) is 0 Å². The number of hydrogen-bond donors (Lipinski definition) is 2. The van der Waals surface area contributed by atoms with Crippen LogP contribution in [0.15, 0.2) is 59.8 Å². The van der Waals surface area contributed by atoms with E-state index in [1.807, 2.05) is 4.72 Å². The molecule has 2 aliphatic rings. The average molecular weight is 753 g/mol. The molecule has 0 bridgehead atoms. The molecule has 0 radical (unpaired) electrons. The number of carbonyl (C=O) groups excluding carboxylic acids is 2. The molecule has 2 N–H and O–H groups in total. The summed E-state index contributed by atoms with van der Waals surface area (Å²) in [5, 5.41) is 7.67. The van der Waals surface area contributed by atoms with Crippen LogP contribution in [0.1, 0.15) is 56.3 Å². The second-order valence-corrected chi connectivity index (χ2v) is 15.0. The van der Waals surface area contributed by atoms with Gasteiger partial charge in [-0.3, -0.25) is 9.59 Å². The van der Waals surface area contributed by atoms with E-state index in [2.05, 4.69) is 15.2 Å². The average Bonchev–Trinajstić information content (AvgIpc) is 3.76. The highest BCUT2D eigenvalue weighted by atomic mass is 35.5. The molecule has 1 unspecified atom stereocenters. The van der Waals surface area contributed by atoms with Gasteiger partial charge < -0.3 is 29.3 Å². The van der Waals surface area contributed by atoms with Gasteiger partial charge in [-0.2, -0.15) is 0 Å². The molecule has 1 aliphatic heterocycles. The van der Waals surface area contributed by atoms with Crippen molar-refractivity contribution in [1.29, 1.82) is 0 Å². The lowest BCUT2D eigenvalue weighted by Gasteiger charge is -2.28. The number of sulfonamides is 1. The van der Waals surface area contributed by atoms with Crippen LogP contribution in [0, 0.1) is 0 Å². The topological polar surface area (TPSA) is 145 Å². The first-order chi connectivity index (χ1) is 23.7. The first-order valence-corrected chi connectivity index (χ1v) is 17.8. The van der Waals surface area contributed by atoms with Gasteiger partial charge in [-0.25, -0.2) is 13.1 Å². The highest BCUT2D eigenvalue weighted by Crippen LogP contribution is 2.57. The van der Waals surface area contributed by atoms with E-state index in [0.29, 0.717) is 33.3 Å². The van der Waals surface area contributed by atoms with E-state index >= 15 is 0 Å². The molecule has 5 rings (SSSR count). The summed E-state index contributed by atoms with van der Waals surface area (Å²) >= 11 is 6.26. The second-order valence-electron chi connectivity index (χ2n) is 12.8. The second kappa shape index (κ2) is 13.8. The number of fused-ring (bicyclic) bond motifs is 2. The van der Waals surface area contributed by atoms with Crippen molar-refractivity contribution in [3.63, 3.8) is 0 Å². The SMILES string of the molecule is COc1cc(NC(C(=O)N2CC3(CC3)c3ccc(OC(F)(F)F)cc32)c2ccc(Cl)cc2OC)cc(/C(C)=N/OC(C)(C)C(=O)NS(C)(=O)=O)c1. The number of hydrogen-bond acceptors (Lipinski definition) is 10. The molecule has 12 nitrogen and oxygen atoms in total. The third-order valence-electron chi connectivity index (χ3n) is 8.51. The Balaban J connectivity index is 1.53. The molecule has 1 spiro atoms. The molecular weight excluding hydrogens is 717 g/mol. The van der Waals surface area contributed by atoms with Crippen LogP contribution >= 0.6 is 11.6 Å². The number of anilines is 2. The number of rotatable bonds is 12. The van der Waals surface area contributed by atoms with Gasteiger partial charge in [0.25, 0.3) is 11.8 Å².